The summed E-state index contributed by atoms with van der Waals surface area (Å²) in [5.41, 5.74) is 1.00. The molecule has 2 aromatic rings. The summed E-state index contributed by atoms with van der Waals surface area (Å²) in [6.45, 7) is 3.35. The van der Waals surface area contributed by atoms with E-state index < -0.39 is 0 Å². The van der Waals surface area contributed by atoms with Gasteiger partial charge in [-0.25, -0.2) is 4.98 Å². The van der Waals surface area contributed by atoms with Crippen LogP contribution in [0.1, 0.15) is 22.5 Å². The first-order chi connectivity index (χ1) is 11.7. The second-order valence-corrected chi connectivity index (χ2v) is 7.51. The number of carbonyl (C=O) groups is 1. The molecule has 1 amide bonds. The van der Waals surface area contributed by atoms with E-state index in [0.717, 1.165) is 22.9 Å². The van der Waals surface area contributed by atoms with Crippen molar-refractivity contribution >= 4 is 17.2 Å². The predicted molar refractivity (Wildman–Crippen MR) is 94.5 cm³/mol. The molecular weight excluding hydrogens is 322 g/mol. The van der Waals surface area contributed by atoms with E-state index in [1.165, 1.54) is 37.3 Å². The topological polar surface area (TPSA) is 54.5 Å². The van der Waals surface area contributed by atoms with Gasteiger partial charge in [-0.3, -0.25) is 4.79 Å². The number of nitrogens with zero attached hydrogens (tertiary/aromatic N) is 2. The molecule has 0 spiro atoms. The number of piperidine rings is 3. The van der Waals surface area contributed by atoms with Gasteiger partial charge < -0.3 is 15.0 Å². The van der Waals surface area contributed by atoms with Crippen LogP contribution in [0.25, 0.3) is 10.6 Å². The third-order valence-corrected chi connectivity index (χ3v) is 6.08. The highest BCUT2D eigenvalue weighted by Gasteiger charge is 2.35. The van der Waals surface area contributed by atoms with Gasteiger partial charge in [0.2, 0.25) is 0 Å². The summed E-state index contributed by atoms with van der Waals surface area (Å²) >= 11 is 1.44. The number of benzene rings is 1. The van der Waals surface area contributed by atoms with Crippen LogP contribution in [0, 0.1) is 5.92 Å². The summed E-state index contributed by atoms with van der Waals surface area (Å²) in [7, 11) is 1.65. The van der Waals surface area contributed by atoms with Crippen molar-refractivity contribution < 1.29 is 9.53 Å². The maximum atomic E-state index is 12.6. The normalized spacial score (nSPS) is 25.5. The SMILES string of the molecule is COc1ccc(-c2ncc(C(=O)N[C@H]3CN4CCC3CC4)s2)cc1. The zero-order chi connectivity index (χ0) is 16.5. The first-order valence-corrected chi connectivity index (χ1v) is 9.18. The number of aromatic nitrogens is 1. The molecular formula is C18H21N3O2S. The van der Waals surface area contributed by atoms with Crippen molar-refractivity contribution in [3.05, 3.63) is 35.3 Å². The second-order valence-electron chi connectivity index (χ2n) is 6.48. The lowest BCUT2D eigenvalue weighted by molar-refractivity contribution is 0.0622. The molecule has 0 radical (unpaired) electrons. The van der Waals surface area contributed by atoms with Crippen LogP contribution in [0.15, 0.2) is 30.5 Å². The Hall–Kier alpha value is -1.92. The Balaban J connectivity index is 1.44. The predicted octanol–water partition coefficient (Wildman–Crippen LogP) is 2.64. The number of methoxy groups -OCH3 is 1. The average molecular weight is 343 g/mol. The second kappa shape index (κ2) is 6.53. The summed E-state index contributed by atoms with van der Waals surface area (Å²) in [6, 6.07) is 8.03. The third kappa shape index (κ3) is 3.03. The van der Waals surface area contributed by atoms with Crippen molar-refractivity contribution in [2.75, 3.05) is 26.7 Å². The molecule has 5 nitrogen and oxygen atoms in total. The van der Waals surface area contributed by atoms with Crippen LogP contribution in [0.3, 0.4) is 0 Å². The molecule has 4 heterocycles. The van der Waals surface area contributed by atoms with Crippen LogP contribution < -0.4 is 10.1 Å². The lowest BCUT2D eigenvalue weighted by Crippen LogP contribution is -2.57. The minimum Gasteiger partial charge on any atom is -0.497 e. The first-order valence-electron chi connectivity index (χ1n) is 8.36. The Bertz CT molecular complexity index is 720. The van der Waals surface area contributed by atoms with Crippen LogP contribution >= 0.6 is 11.3 Å². The Kier molecular flexibility index (Phi) is 4.24. The zero-order valence-corrected chi connectivity index (χ0v) is 14.5. The summed E-state index contributed by atoms with van der Waals surface area (Å²) in [4.78, 5) is 20.1. The Labute approximate surface area is 145 Å². The standard InChI is InChI=1S/C18H21N3O2S/c1-23-14-4-2-13(3-5-14)18-19-10-16(24-18)17(22)20-15-11-21-8-6-12(15)7-9-21/h2-5,10,12,15H,6-9,11H2,1H3,(H,20,22)/t15-/m0/s1. The van der Waals surface area contributed by atoms with E-state index in [4.69, 9.17) is 4.74 Å². The van der Waals surface area contributed by atoms with E-state index in [0.29, 0.717) is 10.8 Å². The maximum absolute atomic E-state index is 12.6. The molecule has 2 bridgehead atoms. The summed E-state index contributed by atoms with van der Waals surface area (Å²) in [5.74, 6) is 1.45. The summed E-state index contributed by atoms with van der Waals surface area (Å²) < 4.78 is 5.17. The zero-order valence-electron chi connectivity index (χ0n) is 13.7. The number of nitrogens with one attached hydrogen (secondary N) is 1. The summed E-state index contributed by atoms with van der Waals surface area (Å²) in [5, 5.41) is 4.08. The molecule has 1 atom stereocenters. The number of carbonyl (C=O) groups excluding carboxylic acids is 1. The Morgan fingerprint density at radius 3 is 2.67 bits per heavy atom. The number of thiazole rings is 1. The van der Waals surface area contributed by atoms with E-state index in [1.54, 1.807) is 13.3 Å². The lowest BCUT2D eigenvalue weighted by Gasteiger charge is -2.44. The van der Waals surface area contributed by atoms with E-state index in [2.05, 4.69) is 15.2 Å². The van der Waals surface area contributed by atoms with Crippen molar-refractivity contribution in [3.8, 4) is 16.3 Å². The highest BCUT2D eigenvalue weighted by atomic mass is 32.1. The number of fused-ring (bicyclic) bond motifs is 3. The molecule has 24 heavy (non-hydrogen) atoms. The minimum atomic E-state index is 0.00557. The van der Waals surface area contributed by atoms with Crippen molar-refractivity contribution in [2.24, 2.45) is 5.92 Å². The van der Waals surface area contributed by atoms with Gasteiger partial charge in [-0.1, -0.05) is 0 Å². The molecule has 1 N–H and O–H groups in total. The number of ether oxygens (including phenoxy) is 1. The van der Waals surface area contributed by atoms with Gasteiger partial charge in [0.25, 0.3) is 5.91 Å². The molecule has 0 unspecified atom stereocenters. The van der Waals surface area contributed by atoms with Crippen molar-refractivity contribution in [1.29, 1.82) is 0 Å². The van der Waals surface area contributed by atoms with Gasteiger partial charge in [0.1, 0.15) is 15.6 Å². The molecule has 3 aliphatic heterocycles. The van der Waals surface area contributed by atoms with Gasteiger partial charge >= 0.3 is 0 Å². The fourth-order valence-corrected chi connectivity index (χ4v) is 4.44. The molecule has 3 fully saturated rings. The highest BCUT2D eigenvalue weighted by Crippen LogP contribution is 2.29. The van der Waals surface area contributed by atoms with Crippen LogP contribution in [0.4, 0.5) is 0 Å². The monoisotopic (exact) mass is 343 g/mol. The van der Waals surface area contributed by atoms with Crippen molar-refractivity contribution in [3.63, 3.8) is 0 Å². The van der Waals surface area contributed by atoms with E-state index >= 15 is 0 Å². The molecule has 3 saturated heterocycles. The number of hydrogen-bond donors (Lipinski definition) is 1. The fourth-order valence-electron chi connectivity index (χ4n) is 3.61. The van der Waals surface area contributed by atoms with Gasteiger partial charge in [-0.15, -0.1) is 11.3 Å². The van der Waals surface area contributed by atoms with Gasteiger partial charge in [-0.05, 0) is 56.1 Å². The molecule has 126 valence electrons. The molecule has 1 aromatic heterocycles. The lowest BCUT2D eigenvalue weighted by atomic mass is 9.84. The Morgan fingerprint density at radius 1 is 1.29 bits per heavy atom. The van der Waals surface area contributed by atoms with Crippen LogP contribution in [0.5, 0.6) is 5.75 Å². The molecule has 0 aliphatic carbocycles. The smallest absolute Gasteiger partial charge is 0.263 e. The molecule has 0 saturated carbocycles. The molecule has 1 aromatic carbocycles. The van der Waals surface area contributed by atoms with Gasteiger partial charge in [0.05, 0.1) is 13.3 Å². The highest BCUT2D eigenvalue weighted by molar-refractivity contribution is 7.16. The number of rotatable bonds is 4. The molecule has 5 rings (SSSR count). The number of amides is 1. The van der Waals surface area contributed by atoms with E-state index in [1.807, 2.05) is 24.3 Å². The minimum absolute atomic E-state index is 0.00557. The summed E-state index contributed by atoms with van der Waals surface area (Å²) in [6.07, 6.45) is 4.08. The first kappa shape index (κ1) is 15.6. The maximum Gasteiger partial charge on any atom is 0.263 e. The van der Waals surface area contributed by atoms with Crippen LogP contribution in [-0.4, -0.2) is 48.6 Å². The van der Waals surface area contributed by atoms with Gasteiger partial charge in [0, 0.05) is 18.2 Å². The molecule has 6 heteroatoms. The van der Waals surface area contributed by atoms with Crippen molar-refractivity contribution in [2.45, 2.75) is 18.9 Å². The quantitative estimate of drug-likeness (QED) is 0.927. The Morgan fingerprint density at radius 2 is 2.04 bits per heavy atom. The number of hydrogen-bond acceptors (Lipinski definition) is 5. The van der Waals surface area contributed by atoms with Gasteiger partial charge in [0.15, 0.2) is 0 Å². The fraction of sp³-hybridized carbons (Fsp3) is 0.444. The third-order valence-electron chi connectivity index (χ3n) is 5.04. The van der Waals surface area contributed by atoms with Crippen molar-refractivity contribution in [1.82, 2.24) is 15.2 Å². The largest absolute Gasteiger partial charge is 0.497 e. The molecule has 3 aliphatic rings. The van der Waals surface area contributed by atoms with E-state index in [-0.39, 0.29) is 11.9 Å². The van der Waals surface area contributed by atoms with Crippen LogP contribution in [-0.2, 0) is 0 Å². The average Bonchev–Trinajstić information content (AvgIpc) is 3.13. The van der Waals surface area contributed by atoms with Gasteiger partial charge in [-0.2, -0.15) is 0 Å². The van der Waals surface area contributed by atoms with E-state index in [9.17, 15) is 4.79 Å². The van der Waals surface area contributed by atoms with Crippen LogP contribution in [0.2, 0.25) is 0 Å².